The second-order valence-corrected chi connectivity index (χ2v) is 4.18. The molecule has 0 atom stereocenters. The molecule has 0 unspecified atom stereocenters. The van der Waals surface area contributed by atoms with Crippen molar-refractivity contribution in [1.82, 2.24) is 14.6 Å². The molecule has 0 saturated heterocycles. The third kappa shape index (κ3) is 1.52. The Morgan fingerprint density at radius 1 is 1.17 bits per heavy atom. The van der Waals surface area contributed by atoms with Crippen LogP contribution in [-0.4, -0.2) is 14.6 Å². The van der Waals surface area contributed by atoms with Gasteiger partial charge in [-0.2, -0.15) is 0 Å². The number of anilines is 1. The van der Waals surface area contributed by atoms with Gasteiger partial charge in [0.15, 0.2) is 11.5 Å². The molecule has 3 aromatic rings. The maximum atomic E-state index is 13.7. The van der Waals surface area contributed by atoms with Crippen molar-refractivity contribution >= 4 is 22.9 Å². The largest absolute Gasteiger partial charge is 0.394 e. The lowest BCUT2D eigenvalue weighted by Crippen LogP contribution is -1.95. The van der Waals surface area contributed by atoms with Crippen molar-refractivity contribution in [2.75, 3.05) is 5.73 Å². The fourth-order valence-corrected chi connectivity index (χ4v) is 1.92. The number of aromatic nitrogens is 3. The molecule has 0 spiro atoms. The average Bonchev–Trinajstić information content (AvgIpc) is 2.79. The maximum Gasteiger partial charge on any atom is 0.185 e. The predicted molar refractivity (Wildman–Crippen MR) is 67.8 cm³/mol. The van der Waals surface area contributed by atoms with Gasteiger partial charge in [0, 0.05) is 6.20 Å². The number of pyridine rings is 1. The summed E-state index contributed by atoms with van der Waals surface area (Å²) in [5.41, 5.74) is 6.91. The van der Waals surface area contributed by atoms with Crippen LogP contribution in [0.1, 0.15) is 0 Å². The molecule has 1 aromatic carbocycles. The molecular weight excluding hydrogens is 255 g/mol. The van der Waals surface area contributed by atoms with Crippen LogP contribution in [0.15, 0.2) is 36.5 Å². The highest BCUT2D eigenvalue weighted by Gasteiger charge is 2.14. The van der Waals surface area contributed by atoms with Crippen molar-refractivity contribution in [3.8, 4) is 11.4 Å². The first kappa shape index (κ1) is 11.0. The number of nitrogens with two attached hydrogens (primary N) is 1. The van der Waals surface area contributed by atoms with Crippen LogP contribution in [0.5, 0.6) is 0 Å². The van der Waals surface area contributed by atoms with Crippen molar-refractivity contribution < 1.29 is 4.39 Å². The van der Waals surface area contributed by atoms with Crippen molar-refractivity contribution in [2.24, 2.45) is 0 Å². The van der Waals surface area contributed by atoms with Crippen molar-refractivity contribution in [1.29, 1.82) is 0 Å². The smallest absolute Gasteiger partial charge is 0.185 e. The molecule has 2 heterocycles. The van der Waals surface area contributed by atoms with E-state index in [9.17, 15) is 4.39 Å². The molecule has 2 N–H and O–H groups in total. The van der Waals surface area contributed by atoms with Gasteiger partial charge in [-0.05, 0) is 18.2 Å². The molecular formula is C12H8ClFN4. The van der Waals surface area contributed by atoms with Gasteiger partial charge < -0.3 is 5.73 Å². The first-order valence-electron chi connectivity index (χ1n) is 5.22. The standard InChI is InChI=1S/C12H8ClFN4/c13-8-5-6-18-11(16-17-12(18)10(8)15)7-3-1-2-4-9(7)14/h1-6H,15H2. The Bertz CT molecular complexity index is 738. The molecule has 18 heavy (non-hydrogen) atoms. The molecule has 4 nitrogen and oxygen atoms in total. The van der Waals surface area contributed by atoms with E-state index in [2.05, 4.69) is 10.2 Å². The second-order valence-electron chi connectivity index (χ2n) is 3.77. The summed E-state index contributed by atoms with van der Waals surface area (Å²) >= 11 is 5.89. The van der Waals surface area contributed by atoms with Crippen LogP contribution in [-0.2, 0) is 0 Å². The van der Waals surface area contributed by atoms with E-state index < -0.39 is 0 Å². The van der Waals surface area contributed by atoms with Gasteiger partial charge >= 0.3 is 0 Å². The number of rotatable bonds is 1. The quantitative estimate of drug-likeness (QED) is 0.734. The number of nitrogen functional groups attached to an aromatic ring is 1. The topological polar surface area (TPSA) is 56.2 Å². The van der Waals surface area contributed by atoms with E-state index in [4.69, 9.17) is 17.3 Å². The van der Waals surface area contributed by atoms with Gasteiger partial charge in [-0.1, -0.05) is 23.7 Å². The van der Waals surface area contributed by atoms with Crippen LogP contribution in [0, 0.1) is 5.82 Å². The Labute approximate surface area is 107 Å². The summed E-state index contributed by atoms with van der Waals surface area (Å²) in [6.07, 6.45) is 1.66. The third-order valence-electron chi connectivity index (χ3n) is 2.68. The van der Waals surface area contributed by atoms with Gasteiger partial charge in [-0.3, -0.25) is 4.40 Å². The number of fused-ring (bicyclic) bond motifs is 1. The minimum Gasteiger partial charge on any atom is -0.394 e. The molecule has 90 valence electrons. The lowest BCUT2D eigenvalue weighted by atomic mass is 10.2. The number of nitrogens with zero attached hydrogens (tertiary/aromatic N) is 3. The lowest BCUT2D eigenvalue weighted by Gasteiger charge is -2.03. The van der Waals surface area contributed by atoms with E-state index in [1.807, 2.05) is 0 Å². The van der Waals surface area contributed by atoms with Crippen molar-refractivity contribution in [3.63, 3.8) is 0 Å². The first-order valence-corrected chi connectivity index (χ1v) is 5.60. The first-order chi connectivity index (χ1) is 8.68. The summed E-state index contributed by atoms with van der Waals surface area (Å²) in [6, 6.07) is 7.98. The van der Waals surface area contributed by atoms with Crippen molar-refractivity contribution in [3.05, 3.63) is 47.4 Å². The lowest BCUT2D eigenvalue weighted by molar-refractivity contribution is 0.629. The summed E-state index contributed by atoms with van der Waals surface area (Å²) in [7, 11) is 0. The summed E-state index contributed by atoms with van der Waals surface area (Å²) < 4.78 is 15.3. The van der Waals surface area contributed by atoms with E-state index >= 15 is 0 Å². The number of hydrogen-bond donors (Lipinski definition) is 1. The summed E-state index contributed by atoms with van der Waals surface area (Å²) in [6.45, 7) is 0. The number of benzene rings is 1. The molecule has 0 amide bonds. The SMILES string of the molecule is Nc1c(Cl)ccn2c(-c3ccccc3F)nnc12. The maximum absolute atomic E-state index is 13.7. The Morgan fingerprint density at radius 2 is 1.94 bits per heavy atom. The normalized spacial score (nSPS) is 11.0. The molecule has 0 aliphatic rings. The molecule has 0 aliphatic carbocycles. The van der Waals surface area contributed by atoms with Gasteiger partial charge in [-0.15, -0.1) is 10.2 Å². The highest BCUT2D eigenvalue weighted by atomic mass is 35.5. The third-order valence-corrected chi connectivity index (χ3v) is 3.01. The van der Waals surface area contributed by atoms with Gasteiger partial charge in [0.2, 0.25) is 0 Å². The van der Waals surface area contributed by atoms with Crippen LogP contribution in [0.2, 0.25) is 5.02 Å². The van der Waals surface area contributed by atoms with Crippen LogP contribution in [0.4, 0.5) is 10.1 Å². The van der Waals surface area contributed by atoms with E-state index in [0.29, 0.717) is 27.7 Å². The summed E-state index contributed by atoms with van der Waals surface area (Å²) in [4.78, 5) is 0. The van der Waals surface area contributed by atoms with Gasteiger partial charge in [0.05, 0.1) is 16.3 Å². The van der Waals surface area contributed by atoms with Crippen LogP contribution in [0.3, 0.4) is 0 Å². The molecule has 2 aromatic heterocycles. The Balaban J connectivity index is 2.32. The zero-order valence-electron chi connectivity index (χ0n) is 9.14. The zero-order valence-corrected chi connectivity index (χ0v) is 9.89. The van der Waals surface area contributed by atoms with Gasteiger partial charge in [0.25, 0.3) is 0 Å². The van der Waals surface area contributed by atoms with E-state index in [1.54, 1.807) is 34.9 Å². The molecule has 0 saturated carbocycles. The van der Waals surface area contributed by atoms with Gasteiger partial charge in [0.1, 0.15) is 5.82 Å². The Hall–Kier alpha value is -2.14. The minimum absolute atomic E-state index is 0.328. The van der Waals surface area contributed by atoms with E-state index in [1.165, 1.54) is 6.07 Å². The number of halogens is 2. The zero-order chi connectivity index (χ0) is 12.7. The number of hydrogen-bond acceptors (Lipinski definition) is 3. The van der Waals surface area contributed by atoms with Crippen LogP contribution >= 0.6 is 11.6 Å². The van der Waals surface area contributed by atoms with Crippen LogP contribution in [0.25, 0.3) is 17.0 Å². The molecule has 0 radical (unpaired) electrons. The second kappa shape index (κ2) is 3.96. The average molecular weight is 263 g/mol. The predicted octanol–water partition coefficient (Wildman–Crippen LogP) is 2.77. The minimum atomic E-state index is -0.361. The Morgan fingerprint density at radius 3 is 2.72 bits per heavy atom. The summed E-state index contributed by atoms with van der Waals surface area (Å²) in [5.74, 6) is 0.0341. The monoisotopic (exact) mass is 262 g/mol. The molecule has 0 aliphatic heterocycles. The molecule has 0 fully saturated rings. The summed E-state index contributed by atoms with van der Waals surface area (Å²) in [5, 5.41) is 8.29. The van der Waals surface area contributed by atoms with E-state index in [-0.39, 0.29) is 5.82 Å². The highest BCUT2D eigenvalue weighted by Crippen LogP contribution is 2.27. The fourth-order valence-electron chi connectivity index (χ4n) is 1.78. The molecule has 6 heteroatoms. The Kier molecular flexibility index (Phi) is 2.41. The molecule has 3 rings (SSSR count). The highest BCUT2D eigenvalue weighted by molar-refractivity contribution is 6.33. The fraction of sp³-hybridized carbons (Fsp3) is 0. The van der Waals surface area contributed by atoms with Crippen LogP contribution < -0.4 is 5.73 Å². The van der Waals surface area contributed by atoms with Gasteiger partial charge in [-0.25, -0.2) is 4.39 Å². The van der Waals surface area contributed by atoms with Crippen molar-refractivity contribution in [2.45, 2.75) is 0 Å². The molecule has 0 bridgehead atoms. The van der Waals surface area contributed by atoms with E-state index in [0.717, 1.165) is 0 Å².